The highest BCUT2D eigenvalue weighted by atomic mass is 16.5. The second-order valence-corrected chi connectivity index (χ2v) is 8.04. The Labute approximate surface area is 182 Å². The van der Waals surface area contributed by atoms with Gasteiger partial charge in [-0.1, -0.05) is 42.5 Å². The lowest BCUT2D eigenvalue weighted by Gasteiger charge is -2.36. The van der Waals surface area contributed by atoms with Crippen molar-refractivity contribution >= 4 is 17.5 Å². The van der Waals surface area contributed by atoms with E-state index in [0.717, 1.165) is 16.8 Å². The average Bonchev–Trinajstić information content (AvgIpc) is 2.78. The third kappa shape index (κ3) is 4.05. The number of ketones is 1. The lowest BCUT2D eigenvalue weighted by Crippen LogP contribution is -2.38. The van der Waals surface area contributed by atoms with E-state index in [4.69, 9.17) is 14.5 Å². The summed E-state index contributed by atoms with van der Waals surface area (Å²) in [7, 11) is 1.61. The third-order valence-corrected chi connectivity index (χ3v) is 6.15. The van der Waals surface area contributed by atoms with Gasteiger partial charge < -0.3 is 9.47 Å². The van der Waals surface area contributed by atoms with Crippen molar-refractivity contribution in [2.45, 2.75) is 38.5 Å². The lowest BCUT2D eigenvalue weighted by atomic mass is 9.69. The molecule has 3 atom stereocenters. The minimum Gasteiger partial charge on any atom is -0.497 e. The summed E-state index contributed by atoms with van der Waals surface area (Å²) in [6.07, 6.45) is 1.09. The van der Waals surface area contributed by atoms with Gasteiger partial charge in [-0.15, -0.1) is 0 Å². The number of methoxy groups -OCH3 is 1. The first-order chi connectivity index (χ1) is 15.0. The zero-order valence-corrected chi connectivity index (χ0v) is 18.1. The van der Waals surface area contributed by atoms with E-state index in [0.29, 0.717) is 29.9 Å². The van der Waals surface area contributed by atoms with Crippen LogP contribution in [0.1, 0.15) is 49.7 Å². The molecule has 31 heavy (non-hydrogen) atoms. The number of nitrogens with zero attached hydrogens (tertiary/aromatic N) is 1. The number of carbonyl (C=O) groups excluding carboxylic acids is 2. The maximum Gasteiger partial charge on any atom is 0.315 e. The Morgan fingerprint density at radius 1 is 1.06 bits per heavy atom. The van der Waals surface area contributed by atoms with Gasteiger partial charge in [-0.3, -0.25) is 14.6 Å². The standard InChI is InChI=1S/C26H27NO4/c1-4-31-26(29)23-16(2)27-21-14-19(17-9-6-5-7-10-17)15-22(28)25(21)24(23)18-11-8-12-20(13-18)30-3/h5-13,19,23-24H,4,14-15H2,1-3H3/t19-,23?,24+/m1/s1. The summed E-state index contributed by atoms with van der Waals surface area (Å²) < 4.78 is 10.8. The minimum atomic E-state index is -0.622. The van der Waals surface area contributed by atoms with Crippen LogP contribution in [0.2, 0.25) is 0 Å². The minimum absolute atomic E-state index is 0.0495. The summed E-state index contributed by atoms with van der Waals surface area (Å²) in [5, 5.41) is 0. The van der Waals surface area contributed by atoms with Crippen molar-refractivity contribution in [2.24, 2.45) is 10.9 Å². The molecule has 5 nitrogen and oxygen atoms in total. The molecule has 0 spiro atoms. The van der Waals surface area contributed by atoms with E-state index in [1.165, 1.54) is 0 Å². The first kappa shape index (κ1) is 21.0. The lowest BCUT2D eigenvalue weighted by molar-refractivity contribution is -0.146. The maximum atomic E-state index is 13.5. The van der Waals surface area contributed by atoms with Gasteiger partial charge in [0.25, 0.3) is 0 Å². The number of esters is 1. The number of allylic oxidation sites excluding steroid dienone is 2. The fraction of sp³-hybridized carbons (Fsp3) is 0.346. The maximum absolute atomic E-state index is 13.5. The first-order valence-corrected chi connectivity index (χ1v) is 10.7. The summed E-state index contributed by atoms with van der Waals surface area (Å²) in [5.41, 5.74) is 4.12. The molecule has 0 N–H and O–H groups in total. The fourth-order valence-electron chi connectivity index (χ4n) is 4.75. The second-order valence-electron chi connectivity index (χ2n) is 8.04. The zero-order chi connectivity index (χ0) is 22.0. The molecule has 4 rings (SSSR count). The van der Waals surface area contributed by atoms with Crippen LogP contribution in [0.25, 0.3) is 0 Å². The van der Waals surface area contributed by atoms with Crippen LogP contribution in [-0.4, -0.2) is 31.2 Å². The van der Waals surface area contributed by atoms with Crippen LogP contribution in [0.5, 0.6) is 5.75 Å². The van der Waals surface area contributed by atoms with E-state index in [-0.39, 0.29) is 24.3 Å². The van der Waals surface area contributed by atoms with Gasteiger partial charge in [-0.25, -0.2) is 0 Å². The Kier molecular flexibility index (Phi) is 6.03. The molecule has 0 saturated carbocycles. The molecule has 1 unspecified atom stereocenters. The predicted molar refractivity (Wildman–Crippen MR) is 119 cm³/mol. The number of Topliss-reactive ketones (excluding diaryl/α,β-unsaturated/α-hetero) is 1. The van der Waals surface area contributed by atoms with Crippen molar-refractivity contribution in [3.05, 3.63) is 77.0 Å². The first-order valence-electron chi connectivity index (χ1n) is 10.7. The number of benzene rings is 2. The Morgan fingerprint density at radius 3 is 2.52 bits per heavy atom. The number of ether oxygens (including phenoxy) is 2. The Bertz CT molecular complexity index is 1050. The van der Waals surface area contributed by atoms with Crippen LogP contribution in [0.4, 0.5) is 0 Å². The molecule has 0 aromatic heterocycles. The number of aliphatic imine (C=N–C) groups is 1. The van der Waals surface area contributed by atoms with E-state index in [1.807, 2.05) is 49.4 Å². The molecule has 0 saturated heterocycles. The summed E-state index contributed by atoms with van der Waals surface area (Å²) in [4.78, 5) is 31.2. The van der Waals surface area contributed by atoms with Gasteiger partial charge in [0, 0.05) is 29.3 Å². The van der Waals surface area contributed by atoms with Crippen molar-refractivity contribution in [1.82, 2.24) is 0 Å². The topological polar surface area (TPSA) is 65.0 Å². The van der Waals surface area contributed by atoms with Crippen molar-refractivity contribution in [2.75, 3.05) is 13.7 Å². The fourth-order valence-corrected chi connectivity index (χ4v) is 4.75. The molecule has 2 aromatic rings. The molecule has 1 aliphatic carbocycles. The monoisotopic (exact) mass is 417 g/mol. The number of carbonyl (C=O) groups is 2. The smallest absolute Gasteiger partial charge is 0.315 e. The normalized spacial score (nSPS) is 23.1. The van der Waals surface area contributed by atoms with Crippen LogP contribution >= 0.6 is 0 Å². The van der Waals surface area contributed by atoms with Crippen LogP contribution in [0, 0.1) is 5.92 Å². The Morgan fingerprint density at radius 2 is 1.81 bits per heavy atom. The molecule has 2 aromatic carbocycles. The largest absolute Gasteiger partial charge is 0.497 e. The number of rotatable bonds is 5. The predicted octanol–water partition coefficient (Wildman–Crippen LogP) is 4.83. The number of hydrogen-bond donors (Lipinski definition) is 0. The van der Waals surface area contributed by atoms with Gasteiger partial charge in [0.15, 0.2) is 5.78 Å². The molecule has 1 heterocycles. The molecule has 0 radical (unpaired) electrons. The molecule has 0 bridgehead atoms. The highest BCUT2D eigenvalue weighted by Gasteiger charge is 2.44. The van der Waals surface area contributed by atoms with E-state index in [2.05, 4.69) is 12.1 Å². The molecule has 0 amide bonds. The van der Waals surface area contributed by atoms with Gasteiger partial charge in [0.05, 0.1) is 13.7 Å². The summed E-state index contributed by atoms with van der Waals surface area (Å²) >= 11 is 0. The summed E-state index contributed by atoms with van der Waals surface area (Å²) in [6.45, 7) is 3.92. The van der Waals surface area contributed by atoms with E-state index >= 15 is 0 Å². The van der Waals surface area contributed by atoms with Crippen molar-refractivity contribution < 1.29 is 19.1 Å². The van der Waals surface area contributed by atoms with Crippen molar-refractivity contribution in [1.29, 1.82) is 0 Å². The molecular formula is C26H27NO4. The summed E-state index contributed by atoms with van der Waals surface area (Å²) in [5.74, 6) is -0.564. The van der Waals surface area contributed by atoms with Crippen LogP contribution in [0.15, 0.2) is 70.9 Å². The highest BCUT2D eigenvalue weighted by Crippen LogP contribution is 2.47. The molecule has 160 valence electrons. The molecule has 5 heteroatoms. The average molecular weight is 418 g/mol. The van der Waals surface area contributed by atoms with Crippen LogP contribution in [-0.2, 0) is 14.3 Å². The van der Waals surface area contributed by atoms with E-state index in [9.17, 15) is 9.59 Å². The SMILES string of the molecule is CCOC(=O)C1C(C)=NC2=C(C(=O)C[C@H](c3ccccc3)C2)[C@H]1c1cccc(OC)c1. The van der Waals surface area contributed by atoms with Crippen molar-refractivity contribution in [3.63, 3.8) is 0 Å². The molecular weight excluding hydrogens is 390 g/mol. The Hall–Kier alpha value is -3.21. The second kappa shape index (κ2) is 8.88. The van der Waals surface area contributed by atoms with Crippen molar-refractivity contribution in [3.8, 4) is 5.75 Å². The quantitative estimate of drug-likeness (QED) is 0.654. The van der Waals surface area contributed by atoms with Gasteiger partial charge >= 0.3 is 5.97 Å². The molecule has 0 fully saturated rings. The number of hydrogen-bond acceptors (Lipinski definition) is 5. The van der Waals surface area contributed by atoms with Crippen LogP contribution in [0.3, 0.4) is 0 Å². The van der Waals surface area contributed by atoms with E-state index < -0.39 is 11.8 Å². The summed E-state index contributed by atoms with van der Waals surface area (Å²) in [6, 6.07) is 17.7. The molecule has 1 aliphatic heterocycles. The van der Waals surface area contributed by atoms with E-state index in [1.54, 1.807) is 14.0 Å². The van der Waals surface area contributed by atoms with Gasteiger partial charge in [0.2, 0.25) is 0 Å². The zero-order valence-electron chi connectivity index (χ0n) is 18.1. The van der Waals surface area contributed by atoms with Gasteiger partial charge in [-0.2, -0.15) is 0 Å². The highest BCUT2D eigenvalue weighted by molar-refractivity contribution is 6.09. The third-order valence-electron chi connectivity index (χ3n) is 6.15. The van der Waals surface area contributed by atoms with Crippen LogP contribution < -0.4 is 4.74 Å². The van der Waals surface area contributed by atoms with Gasteiger partial charge in [-0.05, 0) is 49.4 Å². The van der Waals surface area contributed by atoms with Gasteiger partial charge in [0.1, 0.15) is 11.7 Å². The Balaban J connectivity index is 1.81. The molecule has 2 aliphatic rings.